The molecule has 0 aliphatic carbocycles. The van der Waals surface area contributed by atoms with Crippen LogP contribution >= 0.6 is 0 Å². The van der Waals surface area contributed by atoms with Crippen LogP contribution in [0.4, 0.5) is 0 Å². The number of methoxy groups -OCH3 is 2. The molecule has 0 saturated carbocycles. The highest BCUT2D eigenvalue weighted by Crippen LogP contribution is 2.29. The Hall–Kier alpha value is -1.33. The predicted octanol–water partition coefficient (Wildman–Crippen LogP) is 1.37. The molecule has 1 aliphatic heterocycles. The van der Waals surface area contributed by atoms with Gasteiger partial charge in [-0.1, -0.05) is 0 Å². The van der Waals surface area contributed by atoms with E-state index in [0.717, 1.165) is 31.6 Å². The molecule has 1 aromatic rings. The van der Waals surface area contributed by atoms with Crippen LogP contribution in [-0.2, 0) is 11.3 Å². The van der Waals surface area contributed by atoms with E-state index < -0.39 is 0 Å². The van der Waals surface area contributed by atoms with Crippen molar-refractivity contribution in [2.24, 2.45) is 0 Å². The van der Waals surface area contributed by atoms with Crippen LogP contribution in [0.25, 0.3) is 0 Å². The van der Waals surface area contributed by atoms with E-state index in [2.05, 4.69) is 10.3 Å². The zero-order valence-electron chi connectivity index (χ0n) is 10.9. The highest BCUT2D eigenvalue weighted by molar-refractivity contribution is 5.42. The Labute approximate surface area is 107 Å². The van der Waals surface area contributed by atoms with Crippen molar-refractivity contribution in [3.05, 3.63) is 18.0 Å². The number of hydrogen-bond donors (Lipinski definition) is 1. The quantitative estimate of drug-likeness (QED) is 0.857. The Morgan fingerprint density at radius 1 is 1.39 bits per heavy atom. The van der Waals surface area contributed by atoms with Gasteiger partial charge in [-0.25, -0.2) is 0 Å². The SMILES string of the molecule is COc1ccnc(COC2CCCNC2)c1OC. The monoisotopic (exact) mass is 252 g/mol. The molecule has 1 saturated heterocycles. The summed E-state index contributed by atoms with van der Waals surface area (Å²) in [5, 5.41) is 3.32. The van der Waals surface area contributed by atoms with E-state index in [0.29, 0.717) is 18.1 Å². The van der Waals surface area contributed by atoms with Crippen molar-refractivity contribution in [2.45, 2.75) is 25.6 Å². The summed E-state index contributed by atoms with van der Waals surface area (Å²) in [6.45, 7) is 2.44. The Morgan fingerprint density at radius 3 is 2.94 bits per heavy atom. The van der Waals surface area contributed by atoms with Gasteiger partial charge in [0.2, 0.25) is 0 Å². The highest BCUT2D eigenvalue weighted by Gasteiger charge is 2.16. The third-order valence-electron chi connectivity index (χ3n) is 3.07. The van der Waals surface area contributed by atoms with E-state index in [4.69, 9.17) is 14.2 Å². The predicted molar refractivity (Wildman–Crippen MR) is 68.0 cm³/mol. The smallest absolute Gasteiger partial charge is 0.184 e. The van der Waals surface area contributed by atoms with Gasteiger partial charge in [-0.05, 0) is 19.4 Å². The summed E-state index contributed by atoms with van der Waals surface area (Å²) in [5.74, 6) is 1.34. The molecule has 5 heteroatoms. The Balaban J connectivity index is 1.99. The summed E-state index contributed by atoms with van der Waals surface area (Å²) in [5.41, 5.74) is 0.780. The van der Waals surface area contributed by atoms with Crippen molar-refractivity contribution in [3.63, 3.8) is 0 Å². The number of pyridine rings is 1. The molecule has 1 atom stereocenters. The van der Waals surface area contributed by atoms with Crippen LogP contribution in [0.1, 0.15) is 18.5 Å². The van der Waals surface area contributed by atoms with E-state index in [1.165, 1.54) is 0 Å². The van der Waals surface area contributed by atoms with Gasteiger partial charge in [0.05, 0.1) is 26.9 Å². The molecule has 0 radical (unpaired) electrons. The normalized spacial score (nSPS) is 19.6. The Bertz CT molecular complexity index is 378. The fraction of sp³-hybridized carbons (Fsp3) is 0.615. The molecule has 0 amide bonds. The first-order valence-electron chi connectivity index (χ1n) is 6.23. The van der Waals surface area contributed by atoms with Crippen LogP contribution in [0.15, 0.2) is 12.3 Å². The summed E-state index contributed by atoms with van der Waals surface area (Å²) in [6, 6.07) is 1.78. The molecular weight excluding hydrogens is 232 g/mol. The highest BCUT2D eigenvalue weighted by atomic mass is 16.5. The van der Waals surface area contributed by atoms with Gasteiger partial charge in [0.25, 0.3) is 0 Å². The van der Waals surface area contributed by atoms with E-state index >= 15 is 0 Å². The zero-order chi connectivity index (χ0) is 12.8. The number of rotatable bonds is 5. The van der Waals surface area contributed by atoms with Crippen molar-refractivity contribution in [1.82, 2.24) is 10.3 Å². The summed E-state index contributed by atoms with van der Waals surface area (Å²) < 4.78 is 16.4. The van der Waals surface area contributed by atoms with Crippen molar-refractivity contribution >= 4 is 0 Å². The van der Waals surface area contributed by atoms with Gasteiger partial charge in [0.15, 0.2) is 11.5 Å². The zero-order valence-corrected chi connectivity index (χ0v) is 10.9. The number of piperidine rings is 1. The molecule has 2 heterocycles. The third-order valence-corrected chi connectivity index (χ3v) is 3.07. The lowest BCUT2D eigenvalue weighted by Gasteiger charge is -2.23. The standard InChI is InChI=1S/C13H20N2O3/c1-16-12-5-7-15-11(13(12)17-2)9-18-10-4-3-6-14-8-10/h5,7,10,14H,3-4,6,8-9H2,1-2H3. The van der Waals surface area contributed by atoms with Gasteiger partial charge in [0, 0.05) is 18.8 Å². The molecule has 2 rings (SSSR count). The maximum absolute atomic E-state index is 5.85. The van der Waals surface area contributed by atoms with Gasteiger partial charge in [0.1, 0.15) is 5.69 Å². The lowest BCUT2D eigenvalue weighted by molar-refractivity contribution is 0.0225. The molecule has 18 heavy (non-hydrogen) atoms. The third kappa shape index (κ3) is 3.11. The maximum atomic E-state index is 5.85. The van der Waals surface area contributed by atoms with Crippen LogP contribution < -0.4 is 14.8 Å². The molecule has 0 spiro atoms. The van der Waals surface area contributed by atoms with Gasteiger partial charge >= 0.3 is 0 Å². The number of nitrogens with zero attached hydrogens (tertiary/aromatic N) is 1. The summed E-state index contributed by atoms with van der Waals surface area (Å²) in [7, 11) is 3.23. The van der Waals surface area contributed by atoms with E-state index in [1.807, 2.05) is 0 Å². The first-order valence-corrected chi connectivity index (χ1v) is 6.23. The van der Waals surface area contributed by atoms with E-state index in [-0.39, 0.29) is 6.10 Å². The number of ether oxygens (including phenoxy) is 3. The molecular formula is C13H20N2O3. The molecule has 1 N–H and O–H groups in total. The molecule has 0 aromatic carbocycles. The topological polar surface area (TPSA) is 52.6 Å². The second-order valence-electron chi connectivity index (χ2n) is 4.27. The minimum Gasteiger partial charge on any atom is -0.493 e. The van der Waals surface area contributed by atoms with Crippen LogP contribution in [0.5, 0.6) is 11.5 Å². The largest absolute Gasteiger partial charge is 0.493 e. The maximum Gasteiger partial charge on any atom is 0.184 e. The van der Waals surface area contributed by atoms with Crippen LogP contribution in [-0.4, -0.2) is 38.4 Å². The number of hydrogen-bond acceptors (Lipinski definition) is 5. The number of aromatic nitrogens is 1. The average Bonchev–Trinajstić information content (AvgIpc) is 2.45. The lowest BCUT2D eigenvalue weighted by atomic mass is 10.1. The lowest BCUT2D eigenvalue weighted by Crippen LogP contribution is -2.35. The van der Waals surface area contributed by atoms with Gasteiger partial charge in [-0.3, -0.25) is 4.98 Å². The van der Waals surface area contributed by atoms with Crippen molar-refractivity contribution < 1.29 is 14.2 Å². The van der Waals surface area contributed by atoms with Gasteiger partial charge in [-0.2, -0.15) is 0 Å². The average molecular weight is 252 g/mol. The molecule has 0 bridgehead atoms. The fourth-order valence-corrected chi connectivity index (χ4v) is 2.11. The van der Waals surface area contributed by atoms with Gasteiger partial charge in [-0.15, -0.1) is 0 Å². The second-order valence-corrected chi connectivity index (χ2v) is 4.27. The van der Waals surface area contributed by atoms with Crippen molar-refractivity contribution in [1.29, 1.82) is 0 Å². The molecule has 1 unspecified atom stereocenters. The number of nitrogens with one attached hydrogen (secondary N) is 1. The van der Waals surface area contributed by atoms with Crippen molar-refractivity contribution in [2.75, 3.05) is 27.3 Å². The molecule has 1 aromatic heterocycles. The summed E-state index contributed by atoms with van der Waals surface area (Å²) in [6.07, 6.45) is 4.22. The Kier molecular flexibility index (Phi) is 4.78. The summed E-state index contributed by atoms with van der Waals surface area (Å²) >= 11 is 0. The molecule has 1 aliphatic rings. The van der Waals surface area contributed by atoms with E-state index in [1.54, 1.807) is 26.5 Å². The minimum absolute atomic E-state index is 0.261. The molecule has 1 fully saturated rings. The molecule has 100 valence electrons. The minimum atomic E-state index is 0.261. The fourth-order valence-electron chi connectivity index (χ4n) is 2.11. The molecule has 5 nitrogen and oxygen atoms in total. The van der Waals surface area contributed by atoms with Gasteiger partial charge < -0.3 is 19.5 Å². The van der Waals surface area contributed by atoms with E-state index in [9.17, 15) is 0 Å². The van der Waals surface area contributed by atoms with Crippen LogP contribution in [0.3, 0.4) is 0 Å². The first-order chi connectivity index (χ1) is 8.85. The Morgan fingerprint density at radius 2 is 2.28 bits per heavy atom. The van der Waals surface area contributed by atoms with Crippen LogP contribution in [0, 0.1) is 0 Å². The second kappa shape index (κ2) is 6.56. The summed E-state index contributed by atoms with van der Waals surface area (Å²) in [4.78, 5) is 4.29. The van der Waals surface area contributed by atoms with Crippen LogP contribution in [0.2, 0.25) is 0 Å². The van der Waals surface area contributed by atoms with Crippen molar-refractivity contribution in [3.8, 4) is 11.5 Å². The first kappa shape index (κ1) is 13.1.